The van der Waals surface area contributed by atoms with Crippen LogP contribution in [-0.2, 0) is 4.79 Å². The van der Waals surface area contributed by atoms with E-state index in [0.29, 0.717) is 21.8 Å². The van der Waals surface area contributed by atoms with Gasteiger partial charge in [-0.15, -0.1) is 0 Å². The van der Waals surface area contributed by atoms with Crippen molar-refractivity contribution in [3.8, 4) is 0 Å². The van der Waals surface area contributed by atoms with Gasteiger partial charge in [0.1, 0.15) is 5.70 Å². The van der Waals surface area contributed by atoms with Gasteiger partial charge in [0.05, 0.1) is 0 Å². The standard InChI is InChI=1S/C25H23ClN2O2/c1-16-8-11-19(12-9-16)24(29)28-23(15-20-6-4-5-7-21(20)26)25(30)27-22-13-10-17(2)14-18(22)3/h4-15H,1-3H3,(H,27,30)(H,28,29)/b23-15-. The Hall–Kier alpha value is -3.37. The summed E-state index contributed by atoms with van der Waals surface area (Å²) in [5, 5.41) is 6.09. The molecule has 3 aromatic rings. The van der Waals surface area contributed by atoms with Gasteiger partial charge >= 0.3 is 0 Å². The number of carbonyl (C=O) groups is 2. The van der Waals surface area contributed by atoms with Gasteiger partial charge in [-0.2, -0.15) is 0 Å². The normalized spacial score (nSPS) is 11.1. The second-order valence-corrected chi connectivity index (χ2v) is 7.58. The molecule has 0 saturated heterocycles. The Kier molecular flexibility index (Phi) is 6.70. The first-order chi connectivity index (χ1) is 14.3. The molecule has 0 aromatic heterocycles. The van der Waals surface area contributed by atoms with Gasteiger partial charge in [-0.1, -0.05) is 65.2 Å². The minimum absolute atomic E-state index is 0.105. The Morgan fingerprint density at radius 3 is 2.20 bits per heavy atom. The summed E-state index contributed by atoms with van der Waals surface area (Å²) in [6.07, 6.45) is 1.58. The summed E-state index contributed by atoms with van der Waals surface area (Å²) < 4.78 is 0. The summed E-state index contributed by atoms with van der Waals surface area (Å²) in [7, 11) is 0. The van der Waals surface area contributed by atoms with Crippen molar-refractivity contribution in [2.75, 3.05) is 5.32 Å². The number of benzene rings is 3. The molecule has 0 saturated carbocycles. The van der Waals surface area contributed by atoms with Crippen molar-refractivity contribution in [3.05, 3.63) is 105 Å². The summed E-state index contributed by atoms with van der Waals surface area (Å²) in [5.74, 6) is -0.800. The summed E-state index contributed by atoms with van der Waals surface area (Å²) in [6.45, 7) is 5.86. The van der Waals surface area contributed by atoms with Crippen LogP contribution in [0, 0.1) is 20.8 Å². The van der Waals surface area contributed by atoms with Crippen LogP contribution in [0.25, 0.3) is 6.08 Å². The number of hydrogen-bond acceptors (Lipinski definition) is 2. The third kappa shape index (κ3) is 5.37. The summed E-state index contributed by atoms with van der Waals surface area (Å²) >= 11 is 6.26. The van der Waals surface area contributed by atoms with Crippen LogP contribution in [0.1, 0.15) is 32.6 Å². The van der Waals surface area contributed by atoms with E-state index in [9.17, 15) is 9.59 Å². The lowest BCUT2D eigenvalue weighted by Crippen LogP contribution is -2.31. The molecule has 2 amide bonds. The minimum Gasteiger partial charge on any atom is -0.320 e. The van der Waals surface area contributed by atoms with Crippen molar-refractivity contribution in [1.29, 1.82) is 0 Å². The molecule has 0 aliphatic heterocycles. The third-order valence-corrected chi connectivity index (χ3v) is 4.99. The SMILES string of the molecule is Cc1ccc(C(=O)N/C(=C\c2ccccc2Cl)C(=O)Nc2ccc(C)cc2C)cc1. The molecule has 0 spiro atoms. The van der Waals surface area contributed by atoms with Crippen LogP contribution in [0.4, 0.5) is 5.69 Å². The van der Waals surface area contributed by atoms with Gasteiger partial charge in [-0.25, -0.2) is 0 Å². The number of carbonyl (C=O) groups excluding carboxylic acids is 2. The third-order valence-electron chi connectivity index (χ3n) is 4.64. The van der Waals surface area contributed by atoms with E-state index in [1.165, 1.54) is 0 Å². The number of halogens is 1. The maximum absolute atomic E-state index is 13.0. The minimum atomic E-state index is -0.428. The molecule has 0 aliphatic carbocycles. The van der Waals surface area contributed by atoms with Crippen molar-refractivity contribution in [2.45, 2.75) is 20.8 Å². The number of anilines is 1. The average Bonchev–Trinajstić information content (AvgIpc) is 2.71. The number of aryl methyl sites for hydroxylation is 3. The van der Waals surface area contributed by atoms with Gasteiger partial charge in [0.25, 0.3) is 11.8 Å². The van der Waals surface area contributed by atoms with E-state index < -0.39 is 5.91 Å². The van der Waals surface area contributed by atoms with Crippen molar-refractivity contribution in [2.24, 2.45) is 0 Å². The highest BCUT2D eigenvalue weighted by Crippen LogP contribution is 2.20. The van der Waals surface area contributed by atoms with Gasteiger partial charge in [-0.3, -0.25) is 9.59 Å². The van der Waals surface area contributed by atoms with Gasteiger partial charge in [-0.05, 0) is 62.2 Å². The lowest BCUT2D eigenvalue weighted by Gasteiger charge is -2.13. The Balaban J connectivity index is 1.92. The first-order valence-corrected chi connectivity index (χ1v) is 9.94. The largest absolute Gasteiger partial charge is 0.320 e. The number of amides is 2. The fourth-order valence-corrected chi connectivity index (χ4v) is 3.14. The van der Waals surface area contributed by atoms with Gasteiger partial charge in [0.15, 0.2) is 0 Å². The molecule has 30 heavy (non-hydrogen) atoms. The molecule has 0 unspecified atom stereocenters. The molecule has 5 heteroatoms. The Bertz CT molecular complexity index is 1120. The molecule has 152 valence electrons. The molecular formula is C25H23ClN2O2. The maximum Gasteiger partial charge on any atom is 0.272 e. The number of hydrogen-bond donors (Lipinski definition) is 2. The first-order valence-electron chi connectivity index (χ1n) is 9.56. The van der Waals surface area contributed by atoms with Crippen LogP contribution in [0.5, 0.6) is 0 Å². The van der Waals surface area contributed by atoms with Crippen molar-refractivity contribution in [1.82, 2.24) is 5.32 Å². The molecule has 3 aromatic carbocycles. The molecular weight excluding hydrogens is 396 g/mol. The smallest absolute Gasteiger partial charge is 0.272 e. The Morgan fingerprint density at radius 1 is 0.867 bits per heavy atom. The zero-order valence-corrected chi connectivity index (χ0v) is 17.9. The van der Waals surface area contributed by atoms with Gasteiger partial charge in [0, 0.05) is 16.3 Å². The van der Waals surface area contributed by atoms with E-state index >= 15 is 0 Å². The van der Waals surface area contributed by atoms with E-state index in [-0.39, 0.29) is 11.6 Å². The predicted molar refractivity (Wildman–Crippen MR) is 123 cm³/mol. The lowest BCUT2D eigenvalue weighted by molar-refractivity contribution is -0.113. The molecule has 0 radical (unpaired) electrons. The number of rotatable bonds is 5. The zero-order chi connectivity index (χ0) is 21.7. The van der Waals surface area contributed by atoms with Crippen LogP contribution < -0.4 is 10.6 Å². The molecule has 0 fully saturated rings. The van der Waals surface area contributed by atoms with E-state index in [4.69, 9.17) is 11.6 Å². The van der Waals surface area contributed by atoms with Crippen LogP contribution in [0.3, 0.4) is 0 Å². The summed E-state index contributed by atoms with van der Waals surface area (Å²) in [6, 6.07) is 20.0. The molecule has 3 rings (SSSR count). The average molecular weight is 419 g/mol. The summed E-state index contributed by atoms with van der Waals surface area (Å²) in [4.78, 5) is 25.8. The van der Waals surface area contributed by atoms with Crippen LogP contribution >= 0.6 is 11.6 Å². The zero-order valence-electron chi connectivity index (χ0n) is 17.1. The van der Waals surface area contributed by atoms with Crippen molar-refractivity contribution >= 4 is 35.2 Å². The predicted octanol–water partition coefficient (Wildman–Crippen LogP) is 5.67. The fourth-order valence-electron chi connectivity index (χ4n) is 2.95. The molecule has 0 heterocycles. The monoisotopic (exact) mass is 418 g/mol. The molecule has 0 bridgehead atoms. The number of nitrogens with one attached hydrogen (secondary N) is 2. The fraction of sp³-hybridized carbons (Fsp3) is 0.120. The van der Waals surface area contributed by atoms with Crippen LogP contribution in [0.2, 0.25) is 5.02 Å². The molecule has 0 atom stereocenters. The lowest BCUT2D eigenvalue weighted by atomic mass is 10.1. The van der Waals surface area contributed by atoms with Crippen molar-refractivity contribution < 1.29 is 9.59 Å². The van der Waals surface area contributed by atoms with Crippen LogP contribution in [-0.4, -0.2) is 11.8 Å². The molecule has 2 N–H and O–H groups in total. The molecule has 0 aliphatic rings. The van der Waals surface area contributed by atoms with Crippen LogP contribution in [0.15, 0.2) is 72.4 Å². The first kappa shape index (κ1) is 21.3. The Morgan fingerprint density at radius 2 is 1.53 bits per heavy atom. The van der Waals surface area contributed by atoms with Gasteiger partial charge in [0.2, 0.25) is 0 Å². The highest BCUT2D eigenvalue weighted by Gasteiger charge is 2.16. The topological polar surface area (TPSA) is 58.2 Å². The molecule has 4 nitrogen and oxygen atoms in total. The van der Waals surface area contributed by atoms with E-state index in [1.807, 2.05) is 57.2 Å². The van der Waals surface area contributed by atoms with E-state index in [0.717, 1.165) is 16.7 Å². The maximum atomic E-state index is 13.0. The highest BCUT2D eigenvalue weighted by atomic mass is 35.5. The van der Waals surface area contributed by atoms with E-state index in [2.05, 4.69) is 10.6 Å². The highest BCUT2D eigenvalue weighted by molar-refractivity contribution is 6.32. The second-order valence-electron chi connectivity index (χ2n) is 7.17. The quantitative estimate of drug-likeness (QED) is 0.524. The van der Waals surface area contributed by atoms with E-state index in [1.54, 1.807) is 36.4 Å². The Labute approximate surface area is 181 Å². The van der Waals surface area contributed by atoms with Gasteiger partial charge < -0.3 is 10.6 Å². The summed E-state index contributed by atoms with van der Waals surface area (Å²) in [5.41, 5.74) is 4.97. The second kappa shape index (κ2) is 9.42. The van der Waals surface area contributed by atoms with Crippen molar-refractivity contribution in [3.63, 3.8) is 0 Å².